The Hall–Kier alpha value is -1.99. The minimum Gasteiger partial charge on any atom is -0.393 e. The first kappa shape index (κ1) is 18.4. The van der Waals surface area contributed by atoms with E-state index >= 15 is 0 Å². The quantitative estimate of drug-likeness (QED) is 0.857. The van der Waals surface area contributed by atoms with Crippen LogP contribution in [0.5, 0.6) is 0 Å². The summed E-state index contributed by atoms with van der Waals surface area (Å²) in [5, 5.41) is 17.7. The predicted molar refractivity (Wildman–Crippen MR) is 104 cm³/mol. The third kappa shape index (κ3) is 4.14. The van der Waals surface area contributed by atoms with Crippen LogP contribution in [-0.2, 0) is 20.0 Å². The van der Waals surface area contributed by atoms with Crippen LogP contribution in [0, 0.1) is 5.41 Å². The summed E-state index contributed by atoms with van der Waals surface area (Å²) >= 11 is 0. The molecule has 2 aromatic rings. The highest BCUT2D eigenvalue weighted by Crippen LogP contribution is 2.40. The molecule has 2 aromatic heterocycles. The number of aliphatic hydroxyl groups excluding tert-OH is 1. The van der Waals surface area contributed by atoms with Gasteiger partial charge in [-0.15, -0.1) is 0 Å². The average Bonchev–Trinajstić information content (AvgIpc) is 3.04. The number of aryl methyl sites for hydroxylation is 1. The number of rotatable bonds is 4. The number of aliphatic hydroxyl groups is 1. The summed E-state index contributed by atoms with van der Waals surface area (Å²) in [6, 6.07) is 0.251. The maximum atomic E-state index is 9.74. The molecule has 1 aliphatic heterocycles. The maximum Gasteiger partial charge on any atom is 0.225 e. The fourth-order valence-electron chi connectivity index (χ4n) is 4.24. The van der Waals surface area contributed by atoms with Gasteiger partial charge in [-0.1, -0.05) is 13.8 Å². The van der Waals surface area contributed by atoms with Crippen LogP contribution >= 0.6 is 0 Å². The van der Waals surface area contributed by atoms with Crippen LogP contribution in [0.15, 0.2) is 18.6 Å². The molecule has 4 rings (SSSR count). The Balaban J connectivity index is 1.53. The van der Waals surface area contributed by atoms with Gasteiger partial charge in [0.25, 0.3) is 0 Å². The van der Waals surface area contributed by atoms with Crippen LogP contribution in [0.3, 0.4) is 0 Å². The molecule has 0 radical (unpaired) electrons. The van der Waals surface area contributed by atoms with E-state index in [0.29, 0.717) is 0 Å². The largest absolute Gasteiger partial charge is 0.393 e. The van der Waals surface area contributed by atoms with Crippen LogP contribution in [0.4, 0.5) is 5.95 Å². The van der Waals surface area contributed by atoms with Crippen molar-refractivity contribution in [2.45, 2.75) is 58.2 Å². The summed E-state index contributed by atoms with van der Waals surface area (Å²) in [5.74, 6) is 0.810. The van der Waals surface area contributed by atoms with Crippen LogP contribution in [0.25, 0.3) is 0 Å². The maximum absolute atomic E-state index is 9.74. The van der Waals surface area contributed by atoms with Crippen molar-refractivity contribution in [3.8, 4) is 0 Å². The van der Waals surface area contributed by atoms with Gasteiger partial charge in [-0.25, -0.2) is 9.97 Å². The summed E-state index contributed by atoms with van der Waals surface area (Å²) in [4.78, 5) is 11.8. The standard InChI is InChI=1S/C20H30N6O/c1-20(2)8-17(21-10-14-11-23-25(3)13-14)16-12-22-19(24-18(16)9-20)26-6-4-15(27)5-7-26/h11-13,15,17,21,27H,4-10H2,1-3H3. The van der Waals surface area contributed by atoms with Gasteiger partial charge in [0.2, 0.25) is 5.95 Å². The molecule has 1 fully saturated rings. The highest BCUT2D eigenvalue weighted by atomic mass is 16.3. The summed E-state index contributed by atoms with van der Waals surface area (Å²) in [6.45, 7) is 7.07. The van der Waals surface area contributed by atoms with Gasteiger partial charge in [-0.3, -0.25) is 4.68 Å². The highest BCUT2D eigenvalue weighted by molar-refractivity contribution is 5.37. The number of hydrogen-bond acceptors (Lipinski definition) is 6. The van der Waals surface area contributed by atoms with Gasteiger partial charge in [-0.2, -0.15) is 5.10 Å². The average molecular weight is 371 g/mol. The van der Waals surface area contributed by atoms with Gasteiger partial charge in [0.15, 0.2) is 0 Å². The van der Waals surface area contributed by atoms with Gasteiger partial charge in [0, 0.05) is 56.2 Å². The normalized spacial score (nSPS) is 22.7. The smallest absolute Gasteiger partial charge is 0.225 e. The Bertz CT molecular complexity index is 794. The lowest BCUT2D eigenvalue weighted by Crippen LogP contribution is -2.38. The van der Waals surface area contributed by atoms with E-state index in [1.54, 1.807) is 0 Å². The van der Waals surface area contributed by atoms with Crippen LogP contribution in [-0.4, -0.2) is 44.0 Å². The molecule has 3 heterocycles. The Morgan fingerprint density at radius 2 is 2.04 bits per heavy atom. The number of nitrogens with zero attached hydrogens (tertiary/aromatic N) is 5. The molecule has 7 heteroatoms. The van der Waals surface area contributed by atoms with Crippen molar-refractivity contribution in [1.82, 2.24) is 25.1 Å². The zero-order valence-electron chi connectivity index (χ0n) is 16.5. The van der Waals surface area contributed by atoms with E-state index in [4.69, 9.17) is 4.98 Å². The van der Waals surface area contributed by atoms with E-state index in [2.05, 4.69) is 34.1 Å². The third-order valence-corrected chi connectivity index (χ3v) is 5.72. The van der Waals surface area contributed by atoms with Crippen molar-refractivity contribution in [2.75, 3.05) is 18.0 Å². The second-order valence-electron chi connectivity index (χ2n) is 8.79. The monoisotopic (exact) mass is 370 g/mol. The minimum atomic E-state index is -0.182. The second-order valence-corrected chi connectivity index (χ2v) is 8.79. The van der Waals surface area contributed by atoms with Crippen LogP contribution < -0.4 is 10.2 Å². The third-order valence-electron chi connectivity index (χ3n) is 5.72. The minimum absolute atomic E-state index is 0.182. The van der Waals surface area contributed by atoms with Gasteiger partial charge < -0.3 is 15.3 Å². The Labute approximate surface area is 160 Å². The molecular weight excluding hydrogens is 340 g/mol. The lowest BCUT2D eigenvalue weighted by Gasteiger charge is -2.37. The molecule has 2 aliphatic rings. The molecule has 0 amide bonds. The number of fused-ring (bicyclic) bond motifs is 1. The highest BCUT2D eigenvalue weighted by Gasteiger charge is 2.34. The topological polar surface area (TPSA) is 79.1 Å². The molecule has 146 valence electrons. The summed E-state index contributed by atoms with van der Waals surface area (Å²) in [5.41, 5.74) is 3.76. The van der Waals surface area contributed by atoms with Crippen molar-refractivity contribution in [3.63, 3.8) is 0 Å². The van der Waals surface area contributed by atoms with Gasteiger partial charge in [0.05, 0.1) is 18.0 Å². The molecule has 0 saturated carbocycles. The van der Waals surface area contributed by atoms with Gasteiger partial charge in [0.1, 0.15) is 0 Å². The van der Waals surface area contributed by atoms with E-state index in [0.717, 1.165) is 57.0 Å². The predicted octanol–water partition coefficient (Wildman–Crippen LogP) is 1.97. The zero-order chi connectivity index (χ0) is 19.0. The molecule has 1 unspecified atom stereocenters. The van der Waals surface area contributed by atoms with Crippen molar-refractivity contribution >= 4 is 5.95 Å². The summed E-state index contributed by atoms with van der Waals surface area (Å²) in [6.07, 6.45) is 9.41. The first-order valence-electron chi connectivity index (χ1n) is 9.89. The zero-order valence-corrected chi connectivity index (χ0v) is 16.5. The van der Waals surface area contributed by atoms with Crippen molar-refractivity contribution in [1.29, 1.82) is 0 Å². The van der Waals surface area contributed by atoms with Crippen molar-refractivity contribution in [3.05, 3.63) is 35.4 Å². The van der Waals surface area contributed by atoms with Crippen LogP contribution in [0.2, 0.25) is 0 Å². The lowest BCUT2D eigenvalue weighted by molar-refractivity contribution is 0.145. The van der Waals surface area contributed by atoms with Gasteiger partial charge in [-0.05, 0) is 31.1 Å². The lowest BCUT2D eigenvalue weighted by atomic mass is 9.74. The molecule has 27 heavy (non-hydrogen) atoms. The van der Waals surface area contributed by atoms with Gasteiger partial charge >= 0.3 is 0 Å². The fourth-order valence-corrected chi connectivity index (χ4v) is 4.24. The van der Waals surface area contributed by atoms with Crippen molar-refractivity contribution in [2.24, 2.45) is 12.5 Å². The summed E-state index contributed by atoms with van der Waals surface area (Å²) < 4.78 is 1.83. The summed E-state index contributed by atoms with van der Waals surface area (Å²) in [7, 11) is 1.94. The number of anilines is 1. The number of aromatic nitrogens is 4. The van der Waals surface area contributed by atoms with E-state index in [9.17, 15) is 5.11 Å². The molecule has 0 aromatic carbocycles. The Kier molecular flexibility index (Phi) is 4.90. The molecule has 1 saturated heterocycles. The molecular formula is C20H30N6O. The number of piperidine rings is 1. The number of hydrogen-bond donors (Lipinski definition) is 2. The van der Waals surface area contributed by atoms with E-state index in [-0.39, 0.29) is 17.6 Å². The SMILES string of the molecule is Cn1cc(CNC2CC(C)(C)Cc3nc(N4CCC(O)CC4)ncc32)cn1. The molecule has 0 bridgehead atoms. The van der Waals surface area contributed by atoms with E-state index in [1.165, 1.54) is 11.1 Å². The molecule has 1 atom stereocenters. The fraction of sp³-hybridized carbons (Fsp3) is 0.650. The Morgan fingerprint density at radius 1 is 1.26 bits per heavy atom. The van der Waals surface area contributed by atoms with E-state index < -0.39 is 0 Å². The first-order chi connectivity index (χ1) is 12.9. The van der Waals surface area contributed by atoms with Crippen molar-refractivity contribution < 1.29 is 5.11 Å². The molecule has 2 N–H and O–H groups in total. The number of nitrogens with one attached hydrogen (secondary N) is 1. The first-order valence-corrected chi connectivity index (χ1v) is 9.89. The molecule has 1 aliphatic carbocycles. The Morgan fingerprint density at radius 3 is 2.74 bits per heavy atom. The van der Waals surface area contributed by atoms with Crippen LogP contribution in [0.1, 0.15) is 56.0 Å². The second kappa shape index (κ2) is 7.20. The molecule has 0 spiro atoms. The van der Waals surface area contributed by atoms with E-state index in [1.807, 2.05) is 30.3 Å². The molecule has 7 nitrogen and oxygen atoms in total.